The minimum Gasteiger partial charge on any atom is -0.508 e. The van der Waals surface area contributed by atoms with Crippen molar-refractivity contribution in [3.63, 3.8) is 0 Å². The zero-order chi connectivity index (χ0) is 22.8. The van der Waals surface area contributed by atoms with Crippen LogP contribution in [0.15, 0.2) is 72.8 Å². The monoisotopic (exact) mass is 424 g/mol. The van der Waals surface area contributed by atoms with Crippen molar-refractivity contribution in [2.24, 2.45) is 0 Å². The van der Waals surface area contributed by atoms with Gasteiger partial charge in [0, 0.05) is 28.8 Å². The van der Waals surface area contributed by atoms with Crippen molar-refractivity contribution >= 4 is 11.5 Å². The number of aromatic nitrogens is 1. The molecule has 0 bridgehead atoms. The third-order valence-electron chi connectivity index (χ3n) is 5.00. The summed E-state index contributed by atoms with van der Waals surface area (Å²) in [5, 5.41) is 40.5. The van der Waals surface area contributed by atoms with Gasteiger partial charge in [-0.1, -0.05) is 36.4 Å². The molecule has 32 heavy (non-hydrogen) atoms. The van der Waals surface area contributed by atoms with E-state index in [2.05, 4.69) is 4.98 Å². The van der Waals surface area contributed by atoms with Crippen molar-refractivity contribution in [1.29, 1.82) is 5.26 Å². The first-order valence-corrected chi connectivity index (χ1v) is 9.45. The lowest BCUT2D eigenvalue weighted by Crippen LogP contribution is -2.00. The van der Waals surface area contributed by atoms with Gasteiger partial charge in [0.2, 0.25) is 0 Å². The number of phenols is 2. The lowest BCUT2D eigenvalue weighted by Gasteiger charge is -2.11. The molecule has 0 aliphatic rings. The van der Waals surface area contributed by atoms with Crippen molar-refractivity contribution in [1.82, 2.24) is 4.98 Å². The van der Waals surface area contributed by atoms with E-state index >= 15 is 0 Å². The number of hydrogen-bond acceptors (Lipinski definition) is 7. The standard InChI is InChI=1S/C24H16N4O4/c25-13-21-19(16-2-1-3-17(10-16)28(31)32)12-22(27-24(21)26)15-6-4-14(5-7-15)20-11-18(29)8-9-23(20)30/h1-12,29-30H,(H2,26,27). The predicted molar refractivity (Wildman–Crippen MR) is 120 cm³/mol. The summed E-state index contributed by atoms with van der Waals surface area (Å²) in [6, 6.07) is 21.0. The molecule has 0 amide bonds. The summed E-state index contributed by atoms with van der Waals surface area (Å²) in [6.07, 6.45) is 0. The van der Waals surface area contributed by atoms with Gasteiger partial charge in [-0.3, -0.25) is 10.1 Å². The maximum Gasteiger partial charge on any atom is 0.270 e. The van der Waals surface area contributed by atoms with Gasteiger partial charge in [0.05, 0.1) is 10.6 Å². The van der Waals surface area contributed by atoms with Gasteiger partial charge in [-0.2, -0.15) is 5.26 Å². The lowest BCUT2D eigenvalue weighted by atomic mass is 9.97. The van der Waals surface area contributed by atoms with Gasteiger partial charge in [0.25, 0.3) is 5.69 Å². The van der Waals surface area contributed by atoms with Gasteiger partial charge in [0.15, 0.2) is 0 Å². The molecule has 0 radical (unpaired) electrons. The zero-order valence-electron chi connectivity index (χ0n) is 16.6. The van der Waals surface area contributed by atoms with Crippen LogP contribution in [0.2, 0.25) is 0 Å². The Balaban J connectivity index is 1.80. The number of aromatic hydroxyl groups is 2. The molecule has 0 unspecified atom stereocenters. The van der Waals surface area contributed by atoms with Crippen LogP contribution in [-0.4, -0.2) is 20.1 Å². The molecular weight excluding hydrogens is 408 g/mol. The molecule has 8 heteroatoms. The van der Waals surface area contributed by atoms with Crippen LogP contribution in [0.5, 0.6) is 11.5 Å². The third kappa shape index (κ3) is 3.78. The summed E-state index contributed by atoms with van der Waals surface area (Å²) in [5.41, 5.74) is 9.32. The number of non-ortho nitro benzene ring substituents is 1. The molecule has 0 atom stereocenters. The van der Waals surface area contributed by atoms with E-state index in [0.717, 1.165) is 0 Å². The number of nitrogens with two attached hydrogens (primary N) is 1. The summed E-state index contributed by atoms with van der Waals surface area (Å²) < 4.78 is 0. The minimum atomic E-state index is -0.503. The van der Waals surface area contributed by atoms with E-state index in [0.29, 0.717) is 33.5 Å². The number of pyridine rings is 1. The molecule has 0 saturated heterocycles. The van der Waals surface area contributed by atoms with Crippen molar-refractivity contribution in [2.45, 2.75) is 0 Å². The van der Waals surface area contributed by atoms with E-state index in [9.17, 15) is 25.6 Å². The van der Waals surface area contributed by atoms with Crippen molar-refractivity contribution in [2.75, 3.05) is 5.73 Å². The number of hydrogen-bond donors (Lipinski definition) is 3. The van der Waals surface area contributed by atoms with E-state index in [4.69, 9.17) is 5.73 Å². The van der Waals surface area contributed by atoms with Crippen LogP contribution in [0.4, 0.5) is 11.5 Å². The van der Waals surface area contributed by atoms with Crippen molar-refractivity contribution < 1.29 is 15.1 Å². The zero-order valence-corrected chi connectivity index (χ0v) is 16.6. The smallest absolute Gasteiger partial charge is 0.270 e. The maximum atomic E-state index is 11.2. The SMILES string of the molecule is N#Cc1c(-c2cccc([N+](=O)[O-])c2)cc(-c2ccc(-c3cc(O)ccc3O)cc2)nc1N. The fourth-order valence-corrected chi connectivity index (χ4v) is 3.42. The molecule has 0 aliphatic heterocycles. The minimum absolute atomic E-state index is 0.0150. The molecule has 0 spiro atoms. The summed E-state index contributed by atoms with van der Waals surface area (Å²) in [5.74, 6) is 0.0791. The Bertz CT molecular complexity index is 1390. The van der Waals surface area contributed by atoms with Crippen LogP contribution < -0.4 is 5.73 Å². The van der Waals surface area contributed by atoms with Crippen LogP contribution in [0, 0.1) is 21.4 Å². The van der Waals surface area contributed by atoms with Gasteiger partial charge in [-0.15, -0.1) is 0 Å². The van der Waals surface area contributed by atoms with Gasteiger partial charge in [-0.25, -0.2) is 4.98 Å². The number of phenolic OH excluding ortho intramolecular Hbond substituents is 2. The molecule has 4 rings (SSSR count). The maximum absolute atomic E-state index is 11.2. The quantitative estimate of drug-likeness (QED) is 0.241. The average molecular weight is 424 g/mol. The molecule has 0 saturated carbocycles. The molecule has 1 heterocycles. The van der Waals surface area contributed by atoms with Crippen molar-refractivity contribution in [3.05, 3.63) is 88.5 Å². The summed E-state index contributed by atoms with van der Waals surface area (Å²) in [7, 11) is 0. The summed E-state index contributed by atoms with van der Waals surface area (Å²) in [6.45, 7) is 0. The Morgan fingerprint density at radius 1 is 0.906 bits per heavy atom. The van der Waals surface area contributed by atoms with E-state index < -0.39 is 4.92 Å². The molecule has 0 fully saturated rings. The summed E-state index contributed by atoms with van der Waals surface area (Å²) >= 11 is 0. The Morgan fingerprint density at radius 2 is 1.62 bits per heavy atom. The summed E-state index contributed by atoms with van der Waals surface area (Å²) in [4.78, 5) is 15.0. The van der Waals surface area contributed by atoms with E-state index in [1.165, 1.54) is 30.3 Å². The number of nitrogen functional groups attached to an aromatic ring is 1. The molecule has 1 aromatic heterocycles. The highest BCUT2D eigenvalue weighted by Crippen LogP contribution is 2.35. The third-order valence-corrected chi connectivity index (χ3v) is 5.00. The number of nitro groups is 1. The molecule has 4 N–H and O–H groups in total. The Hall–Kier alpha value is -4.90. The van der Waals surface area contributed by atoms with Crippen LogP contribution in [-0.2, 0) is 0 Å². The van der Waals surface area contributed by atoms with E-state index in [1.807, 2.05) is 6.07 Å². The van der Waals surface area contributed by atoms with E-state index in [-0.39, 0.29) is 28.6 Å². The van der Waals surface area contributed by atoms with Gasteiger partial charge in [0.1, 0.15) is 28.9 Å². The first-order valence-electron chi connectivity index (χ1n) is 9.45. The first kappa shape index (κ1) is 20.4. The Labute approximate surface area is 182 Å². The van der Waals surface area contributed by atoms with Crippen LogP contribution >= 0.6 is 0 Å². The first-order chi connectivity index (χ1) is 15.4. The molecular formula is C24H16N4O4. The Kier molecular flexibility index (Phi) is 5.15. The highest BCUT2D eigenvalue weighted by atomic mass is 16.6. The van der Waals surface area contributed by atoms with Crippen LogP contribution in [0.25, 0.3) is 33.5 Å². The molecule has 8 nitrogen and oxygen atoms in total. The lowest BCUT2D eigenvalue weighted by molar-refractivity contribution is -0.384. The molecule has 4 aromatic rings. The second-order valence-electron chi connectivity index (χ2n) is 7.01. The number of anilines is 1. The predicted octanol–water partition coefficient (Wildman–Crippen LogP) is 4.86. The van der Waals surface area contributed by atoms with Crippen molar-refractivity contribution in [3.8, 4) is 51.1 Å². The number of rotatable bonds is 4. The number of nitriles is 1. The molecule has 3 aromatic carbocycles. The van der Waals surface area contributed by atoms with E-state index in [1.54, 1.807) is 42.5 Å². The Morgan fingerprint density at radius 3 is 2.31 bits per heavy atom. The van der Waals surface area contributed by atoms with Gasteiger partial charge >= 0.3 is 0 Å². The highest BCUT2D eigenvalue weighted by Gasteiger charge is 2.16. The second-order valence-corrected chi connectivity index (χ2v) is 7.01. The molecule has 0 aliphatic carbocycles. The molecule has 156 valence electrons. The fraction of sp³-hybridized carbons (Fsp3) is 0. The van der Waals surface area contributed by atoms with Crippen LogP contribution in [0.1, 0.15) is 5.56 Å². The second kappa shape index (κ2) is 8.08. The number of nitro benzene ring substituents is 1. The fourth-order valence-electron chi connectivity index (χ4n) is 3.42. The number of nitrogens with zero attached hydrogens (tertiary/aromatic N) is 3. The average Bonchev–Trinajstić information content (AvgIpc) is 2.80. The topological polar surface area (TPSA) is 146 Å². The van der Waals surface area contributed by atoms with Gasteiger partial charge < -0.3 is 15.9 Å². The largest absolute Gasteiger partial charge is 0.508 e. The normalized spacial score (nSPS) is 10.5. The highest BCUT2D eigenvalue weighted by molar-refractivity contribution is 5.82. The number of benzene rings is 3. The van der Waals surface area contributed by atoms with Crippen LogP contribution in [0.3, 0.4) is 0 Å². The van der Waals surface area contributed by atoms with Gasteiger partial charge in [-0.05, 0) is 35.4 Å².